The first-order valence-corrected chi connectivity index (χ1v) is 9.78. The largest absolute Gasteiger partial charge is 0.352 e. The third kappa shape index (κ3) is 4.01. The summed E-state index contributed by atoms with van der Waals surface area (Å²) in [7, 11) is 3.72. The number of aromatic nitrogens is 4. The number of aliphatic imine (C=N–C) groups is 1. The highest BCUT2D eigenvalue weighted by molar-refractivity contribution is 5.80. The topological polar surface area (TPSA) is 63.3 Å². The van der Waals surface area contributed by atoms with Crippen molar-refractivity contribution in [2.45, 2.75) is 25.8 Å². The van der Waals surface area contributed by atoms with Crippen LogP contribution in [0.4, 0.5) is 4.39 Å². The van der Waals surface area contributed by atoms with Crippen LogP contribution in [-0.2, 0) is 13.6 Å². The second-order valence-electron chi connectivity index (χ2n) is 7.41. The molecule has 0 amide bonds. The Bertz CT molecular complexity index is 1020. The Hall–Kier alpha value is -3.16. The van der Waals surface area contributed by atoms with Crippen LogP contribution in [0.25, 0.3) is 5.69 Å². The van der Waals surface area contributed by atoms with Gasteiger partial charge >= 0.3 is 0 Å². The maximum absolute atomic E-state index is 14.6. The lowest BCUT2D eigenvalue weighted by Gasteiger charge is -2.21. The van der Waals surface area contributed by atoms with Gasteiger partial charge in [0.2, 0.25) is 0 Å². The number of hydrogen-bond acceptors (Lipinski definition) is 3. The molecule has 7 nitrogen and oxygen atoms in total. The summed E-state index contributed by atoms with van der Waals surface area (Å²) in [5.41, 5.74) is 2.64. The lowest BCUT2D eigenvalue weighted by molar-refractivity contribution is 0.485. The Labute approximate surface area is 169 Å². The molecular formula is C21H26FN7. The summed E-state index contributed by atoms with van der Waals surface area (Å²) in [4.78, 5) is 10.8. The number of aryl methyl sites for hydroxylation is 2. The van der Waals surface area contributed by atoms with Gasteiger partial charge in [-0.05, 0) is 36.6 Å². The number of imidazole rings is 1. The van der Waals surface area contributed by atoms with Crippen molar-refractivity contribution in [3.63, 3.8) is 0 Å². The van der Waals surface area contributed by atoms with Gasteiger partial charge in [0.25, 0.3) is 0 Å². The fraction of sp³-hybridized carbons (Fsp3) is 0.381. The summed E-state index contributed by atoms with van der Waals surface area (Å²) in [5, 5.41) is 7.64. The molecule has 1 fully saturated rings. The molecule has 152 valence electrons. The third-order valence-electron chi connectivity index (χ3n) is 5.44. The first kappa shape index (κ1) is 19.2. The van der Waals surface area contributed by atoms with E-state index >= 15 is 0 Å². The predicted molar refractivity (Wildman–Crippen MR) is 111 cm³/mol. The van der Waals surface area contributed by atoms with Gasteiger partial charge in [-0.25, -0.2) is 9.37 Å². The van der Waals surface area contributed by atoms with E-state index in [0.717, 1.165) is 36.9 Å². The van der Waals surface area contributed by atoms with Crippen LogP contribution in [-0.4, -0.2) is 50.3 Å². The summed E-state index contributed by atoms with van der Waals surface area (Å²) in [6.07, 6.45) is 8.52. The molecular weight excluding hydrogens is 369 g/mol. The minimum Gasteiger partial charge on any atom is -0.352 e. The molecule has 1 aromatic carbocycles. The van der Waals surface area contributed by atoms with Crippen LogP contribution in [0, 0.1) is 12.7 Å². The number of likely N-dealkylation sites (tertiary alicyclic amines) is 1. The molecule has 0 aliphatic carbocycles. The van der Waals surface area contributed by atoms with Crippen LogP contribution < -0.4 is 5.32 Å². The fourth-order valence-corrected chi connectivity index (χ4v) is 3.88. The van der Waals surface area contributed by atoms with Crippen LogP contribution in [0.15, 0.2) is 48.0 Å². The second kappa shape index (κ2) is 8.06. The number of nitrogens with one attached hydrogen (secondary N) is 1. The highest BCUT2D eigenvalue weighted by Crippen LogP contribution is 2.26. The highest BCUT2D eigenvalue weighted by Gasteiger charge is 2.26. The molecule has 0 bridgehead atoms. The van der Waals surface area contributed by atoms with Gasteiger partial charge in [-0.15, -0.1) is 0 Å². The van der Waals surface area contributed by atoms with Gasteiger partial charge < -0.3 is 14.8 Å². The van der Waals surface area contributed by atoms with E-state index in [0.29, 0.717) is 18.2 Å². The van der Waals surface area contributed by atoms with Gasteiger partial charge in [0, 0.05) is 58.2 Å². The SMILES string of the molecule is CN=C(NCc1ccc(-n2ccnc2C)c(F)c1)N1CCC(c2cnn(C)c2)C1. The minimum atomic E-state index is -0.266. The number of halogens is 1. The van der Waals surface area contributed by atoms with E-state index in [1.54, 1.807) is 36.1 Å². The third-order valence-corrected chi connectivity index (χ3v) is 5.44. The zero-order valence-electron chi connectivity index (χ0n) is 17.0. The lowest BCUT2D eigenvalue weighted by Crippen LogP contribution is -2.39. The van der Waals surface area contributed by atoms with Gasteiger partial charge in [0.1, 0.15) is 11.6 Å². The van der Waals surface area contributed by atoms with Gasteiger partial charge in [-0.3, -0.25) is 9.67 Å². The van der Waals surface area contributed by atoms with Crippen LogP contribution in [0.5, 0.6) is 0 Å². The van der Waals surface area contributed by atoms with Crippen molar-refractivity contribution in [1.82, 2.24) is 29.5 Å². The van der Waals surface area contributed by atoms with Crippen LogP contribution >= 0.6 is 0 Å². The zero-order valence-corrected chi connectivity index (χ0v) is 17.0. The van der Waals surface area contributed by atoms with E-state index in [9.17, 15) is 4.39 Å². The molecule has 0 spiro atoms. The van der Waals surface area contributed by atoms with Crippen molar-refractivity contribution in [3.05, 3.63) is 65.8 Å². The maximum atomic E-state index is 14.6. The van der Waals surface area contributed by atoms with E-state index in [1.165, 1.54) is 5.56 Å². The number of guanidine groups is 1. The molecule has 1 aliphatic heterocycles. The molecule has 2 aromatic heterocycles. The average molecular weight is 395 g/mol. The first-order chi connectivity index (χ1) is 14.0. The smallest absolute Gasteiger partial charge is 0.193 e. The minimum absolute atomic E-state index is 0.266. The Morgan fingerprint density at radius 1 is 1.38 bits per heavy atom. The molecule has 1 aliphatic rings. The summed E-state index contributed by atoms with van der Waals surface area (Å²) in [6, 6.07) is 5.29. The summed E-state index contributed by atoms with van der Waals surface area (Å²) >= 11 is 0. The molecule has 1 unspecified atom stereocenters. The molecule has 3 heterocycles. The monoisotopic (exact) mass is 395 g/mol. The molecule has 3 aromatic rings. The summed E-state index contributed by atoms with van der Waals surface area (Å²) < 4.78 is 18.2. The van der Waals surface area contributed by atoms with Gasteiger partial charge in [0.05, 0.1) is 11.9 Å². The Balaban J connectivity index is 1.39. The molecule has 4 rings (SSSR count). The lowest BCUT2D eigenvalue weighted by atomic mass is 10.0. The first-order valence-electron chi connectivity index (χ1n) is 9.78. The number of benzene rings is 1. The molecule has 1 N–H and O–H groups in total. The van der Waals surface area contributed by atoms with Gasteiger partial charge in [-0.1, -0.05) is 6.07 Å². The molecule has 1 saturated heterocycles. The predicted octanol–water partition coefficient (Wildman–Crippen LogP) is 2.62. The summed E-state index contributed by atoms with van der Waals surface area (Å²) in [6.45, 7) is 4.21. The van der Waals surface area contributed by atoms with Crippen LogP contribution in [0.1, 0.15) is 29.3 Å². The van der Waals surface area contributed by atoms with E-state index in [2.05, 4.69) is 31.5 Å². The fourth-order valence-electron chi connectivity index (χ4n) is 3.88. The Morgan fingerprint density at radius 3 is 2.90 bits per heavy atom. The van der Waals surface area contributed by atoms with Crippen LogP contribution in [0.2, 0.25) is 0 Å². The van der Waals surface area contributed by atoms with Crippen LogP contribution in [0.3, 0.4) is 0 Å². The van der Waals surface area contributed by atoms with Gasteiger partial charge in [0.15, 0.2) is 5.96 Å². The van der Waals surface area contributed by atoms with E-state index in [-0.39, 0.29) is 5.82 Å². The normalized spacial score (nSPS) is 17.2. The number of rotatable bonds is 4. The molecule has 0 radical (unpaired) electrons. The molecule has 8 heteroatoms. The number of nitrogens with zero attached hydrogens (tertiary/aromatic N) is 6. The van der Waals surface area contributed by atoms with Crippen molar-refractivity contribution < 1.29 is 4.39 Å². The maximum Gasteiger partial charge on any atom is 0.193 e. The second-order valence-corrected chi connectivity index (χ2v) is 7.41. The average Bonchev–Trinajstić information content (AvgIpc) is 3.44. The molecule has 29 heavy (non-hydrogen) atoms. The number of hydrogen-bond donors (Lipinski definition) is 1. The van der Waals surface area contributed by atoms with E-state index < -0.39 is 0 Å². The Kier molecular flexibility index (Phi) is 5.33. The Morgan fingerprint density at radius 2 is 2.24 bits per heavy atom. The van der Waals surface area contributed by atoms with Gasteiger partial charge in [-0.2, -0.15) is 5.10 Å². The van der Waals surface area contributed by atoms with Crippen molar-refractivity contribution in [1.29, 1.82) is 0 Å². The highest BCUT2D eigenvalue weighted by atomic mass is 19.1. The molecule has 0 saturated carbocycles. The quantitative estimate of drug-likeness (QED) is 0.545. The standard InChI is InChI=1S/C21H26FN7/c1-15-24-7-9-29(15)20-5-4-16(10-19(20)22)11-25-21(23-2)28-8-6-17(14-28)18-12-26-27(3)13-18/h4-5,7,9-10,12-13,17H,6,8,11,14H2,1-3H3,(H,23,25). The zero-order chi connectivity index (χ0) is 20.4. The van der Waals surface area contributed by atoms with Crippen molar-refractivity contribution in [2.24, 2.45) is 12.0 Å². The van der Waals surface area contributed by atoms with Crippen molar-refractivity contribution in [3.8, 4) is 5.69 Å². The van der Waals surface area contributed by atoms with E-state index in [1.807, 2.05) is 30.9 Å². The van der Waals surface area contributed by atoms with E-state index in [4.69, 9.17) is 0 Å². The van der Waals surface area contributed by atoms with Crippen molar-refractivity contribution in [2.75, 3.05) is 20.1 Å². The summed E-state index contributed by atoms with van der Waals surface area (Å²) in [5.74, 6) is 1.79. The van der Waals surface area contributed by atoms with Crippen molar-refractivity contribution >= 4 is 5.96 Å². The molecule has 1 atom stereocenters.